The molecule has 1 fully saturated rings. The van der Waals surface area contributed by atoms with E-state index in [1.54, 1.807) is 0 Å². The van der Waals surface area contributed by atoms with Crippen molar-refractivity contribution in [3.8, 4) is 0 Å². The van der Waals surface area contributed by atoms with Gasteiger partial charge < -0.3 is 15.3 Å². The minimum Gasteiger partial charge on any atom is -0.395 e. The third-order valence-electron chi connectivity index (χ3n) is 4.27. The van der Waals surface area contributed by atoms with Gasteiger partial charge in [0.05, 0.1) is 6.61 Å². The fraction of sp³-hybridized carbons (Fsp3) is 1.00. The van der Waals surface area contributed by atoms with Gasteiger partial charge in [-0.3, -0.25) is 0 Å². The van der Waals surface area contributed by atoms with Crippen LogP contribution >= 0.6 is 0 Å². The van der Waals surface area contributed by atoms with Crippen molar-refractivity contribution in [2.45, 2.75) is 57.9 Å². The summed E-state index contributed by atoms with van der Waals surface area (Å²) in [6, 6.07) is 0.676. The first-order valence-electron chi connectivity index (χ1n) is 7.82. The van der Waals surface area contributed by atoms with Crippen molar-refractivity contribution < 1.29 is 5.11 Å². The van der Waals surface area contributed by atoms with E-state index in [4.69, 9.17) is 0 Å². The lowest BCUT2D eigenvalue weighted by Crippen LogP contribution is -2.41. The van der Waals surface area contributed by atoms with Crippen LogP contribution in [0.25, 0.3) is 0 Å². The highest BCUT2D eigenvalue weighted by Gasteiger charge is 2.24. The molecule has 2 atom stereocenters. The van der Waals surface area contributed by atoms with Gasteiger partial charge in [0.15, 0.2) is 0 Å². The van der Waals surface area contributed by atoms with E-state index < -0.39 is 0 Å². The maximum atomic E-state index is 9.19. The molecule has 0 aromatic rings. The monoisotopic (exact) mass is 256 g/mol. The summed E-state index contributed by atoms with van der Waals surface area (Å²) in [6.07, 6.45) is 9.30. The number of nitrogens with zero attached hydrogens (tertiary/aromatic N) is 1. The third-order valence-corrected chi connectivity index (χ3v) is 4.27. The van der Waals surface area contributed by atoms with Crippen molar-refractivity contribution in [3.05, 3.63) is 0 Å². The molecule has 0 radical (unpaired) electrons. The molecule has 0 spiro atoms. The standard InChI is InChI=1S/C15H32N2O/c1-3-4-10-17(11-12-18)13-14-8-6-5-7-9-15(14)16-2/h14-16,18H,3-13H2,1-2H3. The van der Waals surface area contributed by atoms with E-state index in [1.165, 1.54) is 44.9 Å². The second-order valence-electron chi connectivity index (χ2n) is 5.67. The van der Waals surface area contributed by atoms with Crippen LogP contribution in [0.2, 0.25) is 0 Å². The van der Waals surface area contributed by atoms with E-state index in [2.05, 4.69) is 24.2 Å². The molecule has 2 unspecified atom stereocenters. The minimum absolute atomic E-state index is 0.292. The summed E-state index contributed by atoms with van der Waals surface area (Å²) >= 11 is 0. The minimum atomic E-state index is 0.292. The molecule has 0 aliphatic heterocycles. The molecule has 0 amide bonds. The molecule has 1 aliphatic carbocycles. The van der Waals surface area contributed by atoms with Crippen molar-refractivity contribution >= 4 is 0 Å². The van der Waals surface area contributed by atoms with Gasteiger partial charge in [0, 0.05) is 19.1 Å². The summed E-state index contributed by atoms with van der Waals surface area (Å²) in [4.78, 5) is 2.46. The zero-order chi connectivity index (χ0) is 13.2. The van der Waals surface area contributed by atoms with Gasteiger partial charge in [-0.2, -0.15) is 0 Å². The Balaban J connectivity index is 2.46. The molecule has 18 heavy (non-hydrogen) atoms. The largest absolute Gasteiger partial charge is 0.395 e. The molecule has 108 valence electrons. The average molecular weight is 256 g/mol. The summed E-state index contributed by atoms with van der Waals surface area (Å²) in [5.74, 6) is 0.765. The topological polar surface area (TPSA) is 35.5 Å². The molecule has 1 aliphatic rings. The maximum absolute atomic E-state index is 9.19. The highest BCUT2D eigenvalue weighted by Crippen LogP contribution is 2.24. The first kappa shape index (κ1) is 15.9. The normalized spacial score (nSPS) is 25.3. The van der Waals surface area contributed by atoms with Gasteiger partial charge in [-0.05, 0) is 38.8 Å². The van der Waals surface area contributed by atoms with Crippen LogP contribution in [-0.4, -0.2) is 49.3 Å². The SMILES string of the molecule is CCCCN(CCO)CC1CCCCCC1NC. The lowest BCUT2D eigenvalue weighted by Gasteiger charge is -2.31. The molecular weight excluding hydrogens is 224 g/mol. The van der Waals surface area contributed by atoms with Crippen LogP contribution in [0.5, 0.6) is 0 Å². The maximum Gasteiger partial charge on any atom is 0.0558 e. The Hall–Kier alpha value is -0.120. The fourth-order valence-corrected chi connectivity index (χ4v) is 3.13. The van der Waals surface area contributed by atoms with Gasteiger partial charge in [-0.15, -0.1) is 0 Å². The Morgan fingerprint density at radius 2 is 1.94 bits per heavy atom. The van der Waals surface area contributed by atoms with Gasteiger partial charge in [0.25, 0.3) is 0 Å². The molecule has 3 nitrogen and oxygen atoms in total. The smallest absolute Gasteiger partial charge is 0.0558 e. The highest BCUT2D eigenvalue weighted by atomic mass is 16.3. The molecule has 0 aromatic carbocycles. The number of hydrogen-bond donors (Lipinski definition) is 2. The quantitative estimate of drug-likeness (QED) is 0.654. The summed E-state index contributed by atoms with van der Waals surface area (Å²) < 4.78 is 0. The van der Waals surface area contributed by atoms with Crippen LogP contribution in [-0.2, 0) is 0 Å². The van der Waals surface area contributed by atoms with E-state index in [-0.39, 0.29) is 0 Å². The summed E-state index contributed by atoms with van der Waals surface area (Å²) in [5.41, 5.74) is 0. The van der Waals surface area contributed by atoms with Crippen LogP contribution in [0.1, 0.15) is 51.9 Å². The van der Waals surface area contributed by atoms with E-state index in [0.717, 1.165) is 25.6 Å². The molecule has 0 aromatic heterocycles. The molecule has 0 saturated heterocycles. The molecule has 1 saturated carbocycles. The van der Waals surface area contributed by atoms with E-state index >= 15 is 0 Å². The van der Waals surface area contributed by atoms with Crippen molar-refractivity contribution in [2.75, 3.05) is 33.3 Å². The van der Waals surface area contributed by atoms with Gasteiger partial charge in [0.1, 0.15) is 0 Å². The zero-order valence-electron chi connectivity index (χ0n) is 12.3. The summed E-state index contributed by atoms with van der Waals surface area (Å²) in [6.45, 7) is 5.67. The lowest BCUT2D eigenvalue weighted by atomic mass is 9.94. The Morgan fingerprint density at radius 1 is 1.17 bits per heavy atom. The van der Waals surface area contributed by atoms with Crippen molar-refractivity contribution in [1.29, 1.82) is 0 Å². The van der Waals surface area contributed by atoms with Crippen LogP contribution < -0.4 is 5.32 Å². The Morgan fingerprint density at radius 3 is 2.61 bits per heavy atom. The van der Waals surface area contributed by atoms with Gasteiger partial charge in [-0.1, -0.05) is 32.6 Å². The third kappa shape index (κ3) is 5.68. The zero-order valence-corrected chi connectivity index (χ0v) is 12.3. The molecular formula is C15H32N2O. The van der Waals surface area contributed by atoms with Gasteiger partial charge in [0.2, 0.25) is 0 Å². The van der Waals surface area contributed by atoms with Gasteiger partial charge in [-0.25, -0.2) is 0 Å². The Kier molecular flexibility index (Phi) is 8.64. The Bertz CT molecular complexity index is 199. The van der Waals surface area contributed by atoms with Crippen molar-refractivity contribution in [1.82, 2.24) is 10.2 Å². The molecule has 3 heteroatoms. The number of aliphatic hydroxyl groups excluding tert-OH is 1. The first-order valence-corrected chi connectivity index (χ1v) is 7.82. The van der Waals surface area contributed by atoms with Crippen molar-refractivity contribution in [2.24, 2.45) is 5.92 Å². The number of unbranched alkanes of at least 4 members (excludes halogenated alkanes) is 1. The molecule has 1 rings (SSSR count). The predicted molar refractivity (Wildman–Crippen MR) is 77.9 cm³/mol. The van der Waals surface area contributed by atoms with Crippen molar-refractivity contribution in [3.63, 3.8) is 0 Å². The number of nitrogens with one attached hydrogen (secondary N) is 1. The number of rotatable bonds is 8. The van der Waals surface area contributed by atoms with Crippen LogP contribution in [0.15, 0.2) is 0 Å². The van der Waals surface area contributed by atoms with E-state index in [0.29, 0.717) is 12.6 Å². The fourth-order valence-electron chi connectivity index (χ4n) is 3.13. The highest BCUT2D eigenvalue weighted by molar-refractivity contribution is 4.81. The van der Waals surface area contributed by atoms with E-state index in [9.17, 15) is 5.11 Å². The Labute approximate surface area is 113 Å². The molecule has 0 heterocycles. The second-order valence-corrected chi connectivity index (χ2v) is 5.67. The average Bonchev–Trinajstić information content (AvgIpc) is 2.61. The van der Waals surface area contributed by atoms with E-state index in [1.807, 2.05) is 0 Å². The van der Waals surface area contributed by atoms with Crippen LogP contribution in [0.4, 0.5) is 0 Å². The number of hydrogen-bond acceptors (Lipinski definition) is 3. The summed E-state index contributed by atoms with van der Waals surface area (Å²) in [7, 11) is 2.10. The van der Waals surface area contributed by atoms with Crippen LogP contribution in [0.3, 0.4) is 0 Å². The van der Waals surface area contributed by atoms with Gasteiger partial charge >= 0.3 is 0 Å². The number of aliphatic hydroxyl groups is 1. The first-order chi connectivity index (χ1) is 8.81. The molecule has 2 N–H and O–H groups in total. The second kappa shape index (κ2) is 9.76. The lowest BCUT2D eigenvalue weighted by molar-refractivity contribution is 0.156. The van der Waals surface area contributed by atoms with Crippen LogP contribution in [0, 0.1) is 5.92 Å². The predicted octanol–water partition coefficient (Wildman–Crippen LogP) is 2.25. The summed E-state index contributed by atoms with van der Waals surface area (Å²) in [5, 5.41) is 12.7. The molecule has 0 bridgehead atoms.